The van der Waals surface area contributed by atoms with E-state index in [0.29, 0.717) is 22.9 Å². The number of carbonyl (C=O) groups is 2. The van der Waals surface area contributed by atoms with Crippen LogP contribution in [0.15, 0.2) is 107 Å². The lowest BCUT2D eigenvalue weighted by molar-refractivity contribution is -0.131. The lowest BCUT2D eigenvalue weighted by atomic mass is 9.98. The molecule has 8 heteroatoms. The molecular formula is C36H34Cl2N4O2. The molecule has 4 aromatic rings. The fourth-order valence-electron chi connectivity index (χ4n) is 5.42. The van der Waals surface area contributed by atoms with Crippen molar-refractivity contribution < 1.29 is 9.59 Å². The van der Waals surface area contributed by atoms with Gasteiger partial charge in [0.05, 0.1) is 23.5 Å². The number of hydrazone groups is 2. The smallest absolute Gasteiger partial charge is 0.240 e. The molecule has 2 aliphatic rings. The highest BCUT2D eigenvalue weighted by Crippen LogP contribution is 2.37. The largest absolute Gasteiger partial charge is 0.273 e. The first-order chi connectivity index (χ1) is 21.1. The van der Waals surface area contributed by atoms with Crippen molar-refractivity contribution in [2.45, 2.75) is 52.6 Å². The summed E-state index contributed by atoms with van der Waals surface area (Å²) in [6.45, 7) is 7.17. The van der Waals surface area contributed by atoms with E-state index in [0.717, 1.165) is 33.7 Å². The van der Waals surface area contributed by atoms with E-state index in [-0.39, 0.29) is 23.9 Å². The summed E-state index contributed by atoms with van der Waals surface area (Å²) >= 11 is 12.6. The van der Waals surface area contributed by atoms with Crippen LogP contribution < -0.4 is 0 Å². The van der Waals surface area contributed by atoms with Gasteiger partial charge >= 0.3 is 0 Å². The average Bonchev–Trinajstić information content (AvgIpc) is 3.65. The Labute approximate surface area is 268 Å². The van der Waals surface area contributed by atoms with Crippen LogP contribution >= 0.6 is 23.2 Å². The summed E-state index contributed by atoms with van der Waals surface area (Å²) in [7, 11) is 0. The molecule has 0 aromatic heterocycles. The first-order valence-electron chi connectivity index (χ1n) is 14.5. The summed E-state index contributed by atoms with van der Waals surface area (Å²) in [4.78, 5) is 23.9. The SMILES string of the molecule is CC(=O)N1N=C(c2ccc(C)cc2)C[C@@H]1c1ccccc1Cl.CC(=O)N1N=C(c2ccc(C)cc2)C[C@H]1c1ccccc1Cl. The molecule has 6 nitrogen and oxygen atoms in total. The number of nitrogens with zero attached hydrogens (tertiary/aromatic N) is 4. The van der Waals surface area contributed by atoms with Crippen molar-refractivity contribution in [1.29, 1.82) is 0 Å². The van der Waals surface area contributed by atoms with Crippen molar-refractivity contribution in [2.24, 2.45) is 10.2 Å². The molecule has 6 rings (SSSR count). The Balaban J connectivity index is 0.000000175. The maximum atomic E-state index is 11.9. The fraction of sp³-hybridized carbons (Fsp3) is 0.222. The van der Waals surface area contributed by atoms with Crippen LogP contribution in [0.25, 0.3) is 0 Å². The molecule has 0 unspecified atom stereocenters. The molecule has 0 saturated carbocycles. The summed E-state index contributed by atoms with van der Waals surface area (Å²) in [5.41, 5.74) is 8.20. The topological polar surface area (TPSA) is 65.3 Å². The van der Waals surface area contributed by atoms with E-state index in [1.54, 1.807) is 0 Å². The second-order valence-electron chi connectivity index (χ2n) is 11.0. The maximum Gasteiger partial charge on any atom is 0.240 e. The lowest BCUT2D eigenvalue weighted by Gasteiger charge is -2.21. The van der Waals surface area contributed by atoms with Gasteiger partial charge in [0.15, 0.2) is 0 Å². The number of hydrogen-bond donors (Lipinski definition) is 0. The van der Waals surface area contributed by atoms with Gasteiger partial charge < -0.3 is 0 Å². The Morgan fingerprint density at radius 3 is 1.25 bits per heavy atom. The van der Waals surface area contributed by atoms with Crippen LogP contribution in [-0.4, -0.2) is 33.3 Å². The molecule has 2 atom stereocenters. The number of hydrogen-bond acceptors (Lipinski definition) is 4. The van der Waals surface area contributed by atoms with Crippen LogP contribution in [0, 0.1) is 13.8 Å². The van der Waals surface area contributed by atoms with Crippen molar-refractivity contribution >= 4 is 46.4 Å². The number of carbonyl (C=O) groups excluding carboxylic acids is 2. The minimum atomic E-state index is -0.137. The number of halogens is 2. The zero-order valence-corrected chi connectivity index (χ0v) is 26.7. The summed E-state index contributed by atoms with van der Waals surface area (Å²) < 4.78 is 0. The molecule has 44 heavy (non-hydrogen) atoms. The summed E-state index contributed by atoms with van der Waals surface area (Å²) in [5.74, 6) is -0.154. The van der Waals surface area contributed by atoms with Crippen LogP contribution in [0.1, 0.15) is 72.2 Å². The highest BCUT2D eigenvalue weighted by molar-refractivity contribution is 6.31. The van der Waals surface area contributed by atoms with E-state index in [2.05, 4.69) is 48.3 Å². The van der Waals surface area contributed by atoms with Gasteiger partial charge in [-0.15, -0.1) is 0 Å². The predicted molar refractivity (Wildman–Crippen MR) is 178 cm³/mol. The Bertz CT molecular complexity index is 1600. The minimum Gasteiger partial charge on any atom is -0.273 e. The third-order valence-electron chi connectivity index (χ3n) is 7.76. The van der Waals surface area contributed by atoms with E-state index in [4.69, 9.17) is 23.2 Å². The van der Waals surface area contributed by atoms with Gasteiger partial charge in [-0.3, -0.25) is 9.59 Å². The number of amides is 2. The summed E-state index contributed by atoms with van der Waals surface area (Å²) in [6.07, 6.45) is 1.35. The summed E-state index contributed by atoms with van der Waals surface area (Å²) in [6, 6.07) is 31.4. The number of benzene rings is 4. The van der Waals surface area contributed by atoms with Gasteiger partial charge in [0.1, 0.15) is 0 Å². The Kier molecular flexibility index (Phi) is 9.62. The zero-order valence-electron chi connectivity index (χ0n) is 25.2. The highest BCUT2D eigenvalue weighted by Gasteiger charge is 2.33. The molecule has 224 valence electrons. The van der Waals surface area contributed by atoms with Gasteiger partial charge in [-0.25, -0.2) is 10.0 Å². The van der Waals surface area contributed by atoms with Crippen LogP contribution in [0.3, 0.4) is 0 Å². The average molecular weight is 626 g/mol. The van der Waals surface area contributed by atoms with E-state index < -0.39 is 0 Å². The van der Waals surface area contributed by atoms with Gasteiger partial charge in [-0.1, -0.05) is 119 Å². The van der Waals surface area contributed by atoms with E-state index in [9.17, 15) is 9.59 Å². The van der Waals surface area contributed by atoms with Crippen molar-refractivity contribution in [3.63, 3.8) is 0 Å². The van der Waals surface area contributed by atoms with Gasteiger partial charge in [-0.05, 0) is 48.2 Å². The number of aryl methyl sites for hydroxylation is 2. The third-order valence-corrected chi connectivity index (χ3v) is 8.45. The molecule has 2 amide bonds. The van der Waals surface area contributed by atoms with Crippen molar-refractivity contribution in [1.82, 2.24) is 10.0 Å². The number of rotatable bonds is 4. The van der Waals surface area contributed by atoms with Crippen LogP contribution in [0.2, 0.25) is 10.0 Å². The Morgan fingerprint density at radius 1 is 0.591 bits per heavy atom. The van der Waals surface area contributed by atoms with Crippen LogP contribution in [0.4, 0.5) is 0 Å². The lowest BCUT2D eigenvalue weighted by Crippen LogP contribution is -2.24. The summed E-state index contributed by atoms with van der Waals surface area (Å²) in [5, 5.41) is 13.5. The molecule has 0 saturated heterocycles. The van der Waals surface area contributed by atoms with E-state index in [1.165, 1.54) is 35.0 Å². The molecule has 0 N–H and O–H groups in total. The first kappa shape index (κ1) is 31.2. The van der Waals surface area contributed by atoms with Gasteiger partial charge in [0.2, 0.25) is 11.8 Å². The molecule has 0 fully saturated rings. The first-order valence-corrected chi connectivity index (χ1v) is 15.3. The molecule has 0 aliphatic carbocycles. The molecule has 0 radical (unpaired) electrons. The standard InChI is InChI=1S/2C18H17ClN2O/c2*1-12-7-9-14(10-8-12)17-11-18(21(20-17)13(2)22)15-5-3-4-6-16(15)19/h2*3-10,18H,11H2,1-2H3/t2*18-/m10/s1. The predicted octanol–water partition coefficient (Wildman–Crippen LogP) is 8.69. The van der Waals surface area contributed by atoms with Crippen LogP contribution in [0.5, 0.6) is 0 Å². The minimum absolute atomic E-state index is 0.0768. The fourth-order valence-corrected chi connectivity index (χ4v) is 5.94. The van der Waals surface area contributed by atoms with Crippen molar-refractivity contribution in [3.05, 3.63) is 140 Å². The van der Waals surface area contributed by atoms with E-state index in [1.807, 2.05) is 72.8 Å². The zero-order chi connectivity index (χ0) is 31.4. The second-order valence-corrected chi connectivity index (χ2v) is 11.8. The second kappa shape index (κ2) is 13.6. The molecule has 2 aliphatic heterocycles. The maximum absolute atomic E-state index is 11.9. The monoisotopic (exact) mass is 624 g/mol. The molecule has 4 aromatic carbocycles. The van der Waals surface area contributed by atoms with Gasteiger partial charge in [0.25, 0.3) is 0 Å². The Hall–Kier alpha value is -4.26. The highest BCUT2D eigenvalue weighted by atomic mass is 35.5. The third kappa shape index (κ3) is 6.93. The molecular weight excluding hydrogens is 591 g/mol. The van der Waals surface area contributed by atoms with Crippen molar-refractivity contribution in [2.75, 3.05) is 0 Å². The molecule has 2 heterocycles. The quantitative estimate of drug-likeness (QED) is 0.228. The normalized spacial score (nSPS) is 17.5. The van der Waals surface area contributed by atoms with Crippen molar-refractivity contribution in [3.8, 4) is 0 Å². The Morgan fingerprint density at radius 2 is 0.932 bits per heavy atom. The van der Waals surface area contributed by atoms with Gasteiger partial charge in [0, 0.05) is 36.7 Å². The van der Waals surface area contributed by atoms with E-state index >= 15 is 0 Å². The molecule has 0 bridgehead atoms. The van der Waals surface area contributed by atoms with Gasteiger partial charge in [-0.2, -0.15) is 10.2 Å². The van der Waals surface area contributed by atoms with Crippen LogP contribution in [-0.2, 0) is 9.59 Å². The molecule has 0 spiro atoms.